The monoisotopic (exact) mass is 507 g/mol. The molecule has 0 bridgehead atoms. The van der Waals surface area contributed by atoms with Crippen LogP contribution in [-0.4, -0.2) is 59.0 Å². The maximum Gasteiger partial charge on any atom is 0.294 e. The Morgan fingerprint density at radius 2 is 1.69 bits per heavy atom. The van der Waals surface area contributed by atoms with Gasteiger partial charge in [-0.1, -0.05) is 48.7 Å². The number of hydrogen-bond acceptors (Lipinski definition) is 6. The Labute approximate surface area is 214 Å². The van der Waals surface area contributed by atoms with Crippen molar-refractivity contribution >= 4 is 46.5 Å². The number of benzene rings is 2. The molecule has 0 spiro atoms. The van der Waals surface area contributed by atoms with Gasteiger partial charge in [0.05, 0.1) is 4.91 Å². The number of nitrogens with one attached hydrogen (secondary N) is 1. The first kappa shape index (κ1) is 25.5. The standard InChI is InChI=1S/C27H29N3O5S/c1-19-10-12-21(13-11-19)28-24(31)18-35-22-9-5-4-8-20(22)16-23-26(33)30(27(34)36-23)17-25(32)29-14-6-2-3-7-15-29/h4-5,8-13,16H,2-3,6-7,14-15,17-18H2,1H3,(H,28,31). The lowest BCUT2D eigenvalue weighted by atomic mass is 10.2. The summed E-state index contributed by atoms with van der Waals surface area (Å²) in [6, 6.07) is 14.4. The fourth-order valence-electron chi connectivity index (χ4n) is 4.04. The summed E-state index contributed by atoms with van der Waals surface area (Å²) in [5.74, 6) is -0.617. The second-order valence-corrected chi connectivity index (χ2v) is 9.80. The first-order chi connectivity index (χ1) is 17.4. The van der Waals surface area contributed by atoms with Crippen LogP contribution in [0.15, 0.2) is 53.4 Å². The number of rotatable bonds is 7. The van der Waals surface area contributed by atoms with Crippen LogP contribution < -0.4 is 10.1 Å². The third-order valence-electron chi connectivity index (χ3n) is 6.03. The zero-order valence-electron chi connectivity index (χ0n) is 20.2. The predicted octanol–water partition coefficient (Wildman–Crippen LogP) is 4.45. The van der Waals surface area contributed by atoms with E-state index in [-0.39, 0.29) is 29.9 Å². The Hall–Kier alpha value is -3.59. The molecule has 0 aromatic heterocycles. The van der Waals surface area contributed by atoms with E-state index in [1.807, 2.05) is 31.2 Å². The number of amides is 4. The number of carbonyl (C=O) groups excluding carboxylic acids is 4. The Kier molecular flexibility index (Phi) is 8.43. The van der Waals surface area contributed by atoms with Gasteiger partial charge in [0.15, 0.2) is 6.61 Å². The highest BCUT2D eigenvalue weighted by molar-refractivity contribution is 8.18. The molecule has 4 amide bonds. The highest BCUT2D eigenvalue weighted by Gasteiger charge is 2.37. The SMILES string of the molecule is Cc1ccc(NC(=O)COc2ccccc2C=C2SC(=O)N(CC(=O)N3CCCCCC3)C2=O)cc1. The van der Waals surface area contributed by atoms with E-state index in [0.717, 1.165) is 47.9 Å². The van der Waals surface area contributed by atoms with E-state index in [1.54, 1.807) is 35.2 Å². The molecule has 8 nitrogen and oxygen atoms in total. The molecule has 36 heavy (non-hydrogen) atoms. The quantitative estimate of drug-likeness (QED) is 0.557. The maximum atomic E-state index is 13.0. The summed E-state index contributed by atoms with van der Waals surface area (Å²) in [6.07, 6.45) is 5.61. The average Bonchev–Trinajstić information content (AvgIpc) is 3.05. The van der Waals surface area contributed by atoms with Gasteiger partial charge >= 0.3 is 0 Å². The molecule has 0 saturated carbocycles. The minimum atomic E-state index is -0.500. The van der Waals surface area contributed by atoms with Crippen LogP contribution in [0.3, 0.4) is 0 Å². The van der Waals surface area contributed by atoms with Crippen molar-refractivity contribution in [3.63, 3.8) is 0 Å². The largest absolute Gasteiger partial charge is 0.483 e. The summed E-state index contributed by atoms with van der Waals surface area (Å²) in [6.45, 7) is 2.82. The topological polar surface area (TPSA) is 96.0 Å². The first-order valence-electron chi connectivity index (χ1n) is 12.0. The minimum Gasteiger partial charge on any atom is -0.483 e. The second-order valence-electron chi connectivity index (χ2n) is 8.80. The van der Waals surface area contributed by atoms with Crippen molar-refractivity contribution in [2.24, 2.45) is 0 Å². The molecule has 0 radical (unpaired) electrons. The van der Waals surface area contributed by atoms with Crippen LogP contribution in [-0.2, 0) is 14.4 Å². The number of hydrogen-bond donors (Lipinski definition) is 1. The zero-order chi connectivity index (χ0) is 25.5. The number of nitrogens with zero attached hydrogens (tertiary/aromatic N) is 2. The highest BCUT2D eigenvalue weighted by Crippen LogP contribution is 2.34. The summed E-state index contributed by atoms with van der Waals surface area (Å²) < 4.78 is 5.71. The van der Waals surface area contributed by atoms with E-state index < -0.39 is 11.1 Å². The number of para-hydroxylation sites is 1. The molecule has 0 unspecified atom stereocenters. The van der Waals surface area contributed by atoms with Crippen molar-refractivity contribution in [1.29, 1.82) is 0 Å². The molecule has 2 aromatic carbocycles. The van der Waals surface area contributed by atoms with Crippen molar-refractivity contribution in [2.45, 2.75) is 32.6 Å². The van der Waals surface area contributed by atoms with Gasteiger partial charge in [0.25, 0.3) is 17.1 Å². The number of ether oxygens (including phenoxy) is 1. The van der Waals surface area contributed by atoms with Gasteiger partial charge in [-0.25, -0.2) is 0 Å². The van der Waals surface area contributed by atoms with Crippen LogP contribution in [0.1, 0.15) is 36.8 Å². The molecule has 1 N–H and O–H groups in total. The van der Waals surface area contributed by atoms with Gasteiger partial charge in [-0.2, -0.15) is 0 Å². The molecule has 0 atom stereocenters. The fourth-order valence-corrected chi connectivity index (χ4v) is 4.87. The average molecular weight is 508 g/mol. The summed E-state index contributed by atoms with van der Waals surface area (Å²) >= 11 is 0.798. The van der Waals surface area contributed by atoms with Crippen molar-refractivity contribution in [3.05, 3.63) is 64.6 Å². The number of likely N-dealkylation sites (tertiary alicyclic amines) is 1. The van der Waals surface area contributed by atoms with Crippen LogP contribution in [0, 0.1) is 6.92 Å². The summed E-state index contributed by atoms with van der Waals surface area (Å²) in [4.78, 5) is 53.5. The molecule has 2 aliphatic heterocycles. The molecule has 2 aromatic rings. The molecule has 188 valence electrons. The van der Waals surface area contributed by atoms with E-state index >= 15 is 0 Å². The lowest BCUT2D eigenvalue weighted by Gasteiger charge is -2.22. The van der Waals surface area contributed by atoms with Crippen LogP contribution >= 0.6 is 11.8 Å². The number of carbonyl (C=O) groups is 4. The molecule has 2 fully saturated rings. The van der Waals surface area contributed by atoms with E-state index in [1.165, 1.54) is 0 Å². The van der Waals surface area contributed by atoms with Gasteiger partial charge in [0.2, 0.25) is 5.91 Å². The maximum absolute atomic E-state index is 13.0. The lowest BCUT2D eigenvalue weighted by molar-refractivity contribution is -0.135. The molecular weight excluding hydrogens is 478 g/mol. The molecule has 2 aliphatic rings. The zero-order valence-corrected chi connectivity index (χ0v) is 21.0. The highest BCUT2D eigenvalue weighted by atomic mass is 32.2. The van der Waals surface area contributed by atoms with Gasteiger partial charge in [-0.3, -0.25) is 24.1 Å². The third-order valence-corrected chi connectivity index (χ3v) is 6.93. The second kappa shape index (κ2) is 11.9. The van der Waals surface area contributed by atoms with Crippen molar-refractivity contribution in [2.75, 3.05) is 31.6 Å². The van der Waals surface area contributed by atoms with E-state index in [0.29, 0.717) is 30.1 Å². The van der Waals surface area contributed by atoms with Crippen molar-refractivity contribution < 1.29 is 23.9 Å². The van der Waals surface area contributed by atoms with Crippen LogP contribution in [0.25, 0.3) is 6.08 Å². The first-order valence-corrected chi connectivity index (χ1v) is 12.8. The summed E-state index contributed by atoms with van der Waals surface area (Å²) in [7, 11) is 0. The number of aryl methyl sites for hydroxylation is 1. The molecule has 4 rings (SSSR count). The van der Waals surface area contributed by atoms with Crippen LogP contribution in [0.4, 0.5) is 10.5 Å². The Morgan fingerprint density at radius 1 is 1.00 bits per heavy atom. The molecule has 2 saturated heterocycles. The van der Waals surface area contributed by atoms with E-state index in [9.17, 15) is 19.2 Å². The Bertz CT molecular complexity index is 1170. The van der Waals surface area contributed by atoms with Gasteiger partial charge in [-0.05, 0) is 55.8 Å². The fraction of sp³-hybridized carbons (Fsp3) is 0.333. The van der Waals surface area contributed by atoms with Gasteiger partial charge in [-0.15, -0.1) is 0 Å². The normalized spacial score (nSPS) is 17.3. The van der Waals surface area contributed by atoms with E-state index in [2.05, 4.69) is 5.32 Å². The van der Waals surface area contributed by atoms with Gasteiger partial charge in [0, 0.05) is 24.3 Å². The van der Waals surface area contributed by atoms with Crippen LogP contribution in [0.2, 0.25) is 0 Å². The number of imide groups is 1. The third kappa shape index (κ3) is 6.54. The Balaban J connectivity index is 1.39. The number of thioether (sulfide) groups is 1. The van der Waals surface area contributed by atoms with Crippen molar-refractivity contribution in [3.8, 4) is 5.75 Å². The summed E-state index contributed by atoms with van der Waals surface area (Å²) in [5.41, 5.74) is 2.32. The lowest BCUT2D eigenvalue weighted by Crippen LogP contribution is -2.42. The van der Waals surface area contributed by atoms with E-state index in [4.69, 9.17) is 4.74 Å². The molecule has 2 heterocycles. The van der Waals surface area contributed by atoms with Gasteiger partial charge < -0.3 is 15.0 Å². The molecular formula is C27H29N3O5S. The van der Waals surface area contributed by atoms with Gasteiger partial charge in [0.1, 0.15) is 12.3 Å². The molecule has 9 heteroatoms. The number of anilines is 1. The smallest absolute Gasteiger partial charge is 0.294 e. The Morgan fingerprint density at radius 3 is 2.42 bits per heavy atom. The molecule has 0 aliphatic carbocycles. The summed E-state index contributed by atoms with van der Waals surface area (Å²) in [5, 5.41) is 2.31. The van der Waals surface area contributed by atoms with Crippen LogP contribution in [0.5, 0.6) is 5.75 Å². The van der Waals surface area contributed by atoms with Crippen molar-refractivity contribution in [1.82, 2.24) is 9.80 Å². The minimum absolute atomic E-state index is 0.205. The predicted molar refractivity (Wildman–Crippen MR) is 139 cm³/mol.